The van der Waals surface area contributed by atoms with E-state index in [2.05, 4.69) is 19.4 Å². The lowest BCUT2D eigenvalue weighted by Crippen LogP contribution is -2.50. The van der Waals surface area contributed by atoms with Crippen LogP contribution in [0.5, 0.6) is 11.5 Å². The van der Waals surface area contributed by atoms with Gasteiger partial charge in [-0.05, 0) is 36.4 Å². The first kappa shape index (κ1) is 19.6. The minimum Gasteiger partial charge on any atom is -0.395 e. The number of nitrogens with zero attached hydrogens (tertiary/aromatic N) is 3. The minimum atomic E-state index is -3.74. The van der Waals surface area contributed by atoms with Crippen LogP contribution in [0.25, 0.3) is 11.0 Å². The fourth-order valence-corrected chi connectivity index (χ4v) is 3.77. The van der Waals surface area contributed by atoms with E-state index in [1.165, 1.54) is 18.2 Å². The van der Waals surface area contributed by atoms with Crippen LogP contribution in [0.2, 0.25) is 5.02 Å². The number of ether oxygens (including phenoxy) is 2. The summed E-state index contributed by atoms with van der Waals surface area (Å²) in [5.41, 5.74) is 1.50. The first-order valence-corrected chi connectivity index (χ1v) is 9.81. The van der Waals surface area contributed by atoms with Crippen LogP contribution >= 0.6 is 11.6 Å². The van der Waals surface area contributed by atoms with Gasteiger partial charge in [0, 0.05) is 36.8 Å². The van der Waals surface area contributed by atoms with E-state index in [9.17, 15) is 18.4 Å². The van der Waals surface area contributed by atoms with Crippen molar-refractivity contribution in [2.45, 2.75) is 6.29 Å². The topological polar surface area (TPSA) is 87.8 Å². The van der Waals surface area contributed by atoms with Crippen LogP contribution in [-0.4, -0.2) is 64.1 Å². The predicted molar refractivity (Wildman–Crippen MR) is 106 cm³/mol. The van der Waals surface area contributed by atoms with Gasteiger partial charge in [-0.25, -0.2) is 4.98 Å². The molecule has 31 heavy (non-hydrogen) atoms. The first-order valence-electron chi connectivity index (χ1n) is 9.43. The molecule has 1 saturated heterocycles. The highest BCUT2D eigenvalue weighted by atomic mass is 35.5. The number of aromatic amines is 1. The van der Waals surface area contributed by atoms with Gasteiger partial charge < -0.3 is 24.3 Å². The van der Waals surface area contributed by atoms with Crippen LogP contribution < -0.4 is 9.47 Å². The Labute approximate surface area is 179 Å². The predicted octanol–water partition coefficient (Wildman–Crippen LogP) is 3.14. The highest BCUT2D eigenvalue weighted by Crippen LogP contribution is 2.41. The Morgan fingerprint density at radius 3 is 2.39 bits per heavy atom. The molecule has 2 aliphatic heterocycles. The normalized spacial score (nSPS) is 17.3. The van der Waals surface area contributed by atoms with Crippen molar-refractivity contribution in [2.75, 3.05) is 26.2 Å². The molecule has 0 bridgehead atoms. The SMILES string of the molecule is O=C(c1ccc2c(c1)OC(F)(F)O2)N1CCN(C(=O)c2nc3cc(Cl)ccc3[nH]2)CC1. The van der Waals surface area contributed by atoms with E-state index in [1.807, 2.05) is 0 Å². The molecule has 2 amide bonds. The fourth-order valence-electron chi connectivity index (χ4n) is 3.61. The van der Waals surface area contributed by atoms with E-state index in [1.54, 1.807) is 28.0 Å². The molecule has 1 fully saturated rings. The molecule has 5 rings (SSSR count). The Morgan fingerprint density at radius 1 is 0.968 bits per heavy atom. The van der Waals surface area contributed by atoms with Crippen molar-refractivity contribution in [3.8, 4) is 11.5 Å². The third kappa shape index (κ3) is 3.63. The number of amides is 2. The van der Waals surface area contributed by atoms with Gasteiger partial charge in [-0.3, -0.25) is 9.59 Å². The highest BCUT2D eigenvalue weighted by molar-refractivity contribution is 6.31. The van der Waals surface area contributed by atoms with Crippen LogP contribution in [0.4, 0.5) is 8.78 Å². The van der Waals surface area contributed by atoms with Gasteiger partial charge in [0.15, 0.2) is 17.3 Å². The summed E-state index contributed by atoms with van der Waals surface area (Å²) in [6.45, 7) is 1.21. The van der Waals surface area contributed by atoms with Gasteiger partial charge in [-0.2, -0.15) is 0 Å². The number of carbonyl (C=O) groups is 2. The number of H-pyrrole nitrogens is 1. The van der Waals surface area contributed by atoms with Crippen LogP contribution in [0.1, 0.15) is 21.0 Å². The Kier molecular flexibility index (Phi) is 4.47. The molecule has 2 aromatic carbocycles. The number of alkyl halides is 2. The van der Waals surface area contributed by atoms with Crippen LogP contribution in [0.15, 0.2) is 36.4 Å². The molecule has 11 heteroatoms. The zero-order valence-electron chi connectivity index (χ0n) is 15.9. The zero-order chi connectivity index (χ0) is 21.8. The summed E-state index contributed by atoms with van der Waals surface area (Å²) < 4.78 is 35.1. The van der Waals surface area contributed by atoms with Crippen molar-refractivity contribution < 1.29 is 27.8 Å². The van der Waals surface area contributed by atoms with Crippen molar-refractivity contribution >= 4 is 34.4 Å². The molecule has 3 aromatic rings. The maximum Gasteiger partial charge on any atom is 0.586 e. The van der Waals surface area contributed by atoms with Gasteiger partial charge in [0.05, 0.1) is 11.0 Å². The van der Waals surface area contributed by atoms with Crippen LogP contribution in [0, 0.1) is 0 Å². The Hall–Kier alpha value is -3.40. The van der Waals surface area contributed by atoms with Gasteiger partial charge in [0.2, 0.25) is 0 Å². The highest BCUT2D eigenvalue weighted by Gasteiger charge is 2.43. The number of rotatable bonds is 2. The van der Waals surface area contributed by atoms with Crippen molar-refractivity contribution in [2.24, 2.45) is 0 Å². The summed E-state index contributed by atoms with van der Waals surface area (Å²) >= 11 is 5.96. The molecular formula is C20H15ClF2N4O4. The summed E-state index contributed by atoms with van der Waals surface area (Å²) in [5.74, 6) is -0.718. The number of halogens is 3. The smallest absolute Gasteiger partial charge is 0.395 e. The zero-order valence-corrected chi connectivity index (χ0v) is 16.7. The molecule has 0 unspecified atom stereocenters. The van der Waals surface area contributed by atoms with E-state index in [0.717, 1.165) is 0 Å². The molecule has 0 aliphatic carbocycles. The number of imidazole rings is 1. The second-order valence-electron chi connectivity index (χ2n) is 7.16. The third-order valence-corrected chi connectivity index (χ3v) is 5.39. The summed E-state index contributed by atoms with van der Waals surface area (Å²) in [5, 5.41) is 0.525. The first-order chi connectivity index (χ1) is 14.8. The number of carbonyl (C=O) groups excluding carboxylic acids is 2. The van der Waals surface area contributed by atoms with E-state index in [0.29, 0.717) is 42.2 Å². The number of benzene rings is 2. The molecule has 1 N–H and O–H groups in total. The number of piperazine rings is 1. The molecule has 160 valence electrons. The van der Waals surface area contributed by atoms with Crippen molar-refractivity contribution in [1.29, 1.82) is 0 Å². The van der Waals surface area contributed by atoms with Crippen molar-refractivity contribution in [3.63, 3.8) is 0 Å². The second kappa shape index (κ2) is 7.09. The minimum absolute atomic E-state index is 0.121. The largest absolute Gasteiger partial charge is 0.586 e. The molecule has 2 aliphatic rings. The van der Waals surface area contributed by atoms with E-state index < -0.39 is 6.29 Å². The van der Waals surface area contributed by atoms with Crippen LogP contribution in [0.3, 0.4) is 0 Å². The van der Waals surface area contributed by atoms with Gasteiger partial charge >= 0.3 is 6.29 Å². The molecule has 3 heterocycles. The molecule has 8 nitrogen and oxygen atoms in total. The molecule has 0 spiro atoms. The van der Waals surface area contributed by atoms with Crippen molar-refractivity contribution in [1.82, 2.24) is 19.8 Å². The lowest BCUT2D eigenvalue weighted by atomic mass is 10.1. The summed E-state index contributed by atoms with van der Waals surface area (Å²) in [7, 11) is 0. The average molecular weight is 449 g/mol. The molecule has 1 aromatic heterocycles. The maximum absolute atomic E-state index is 13.2. The maximum atomic E-state index is 13.2. The van der Waals surface area contributed by atoms with Gasteiger partial charge in [0.1, 0.15) is 0 Å². The Bertz CT molecular complexity index is 1210. The lowest BCUT2D eigenvalue weighted by Gasteiger charge is -2.34. The molecule has 0 radical (unpaired) electrons. The lowest BCUT2D eigenvalue weighted by molar-refractivity contribution is -0.286. The number of fused-ring (bicyclic) bond motifs is 2. The number of hydrogen-bond acceptors (Lipinski definition) is 5. The summed E-state index contributed by atoms with van der Waals surface area (Å²) in [4.78, 5) is 36.0. The monoisotopic (exact) mass is 448 g/mol. The molecular weight excluding hydrogens is 434 g/mol. The standard InChI is InChI=1S/C20H15ClF2N4O4/c21-12-2-3-13-14(10-12)25-17(24-13)19(29)27-7-5-26(6-8-27)18(28)11-1-4-15-16(9-11)31-20(22,23)30-15/h1-4,9-10H,5-8H2,(H,24,25). The van der Waals surface area contributed by atoms with E-state index in [-0.39, 0.29) is 34.7 Å². The third-order valence-electron chi connectivity index (χ3n) is 5.15. The van der Waals surface area contributed by atoms with Gasteiger partial charge in [-0.15, -0.1) is 8.78 Å². The van der Waals surface area contributed by atoms with Gasteiger partial charge in [-0.1, -0.05) is 11.6 Å². The summed E-state index contributed by atoms with van der Waals surface area (Å²) in [6, 6.07) is 9.04. The molecule has 0 saturated carbocycles. The quantitative estimate of drug-likeness (QED) is 0.650. The summed E-state index contributed by atoms with van der Waals surface area (Å²) in [6.07, 6.45) is -3.74. The Balaban J connectivity index is 1.25. The average Bonchev–Trinajstić information content (AvgIpc) is 3.30. The van der Waals surface area contributed by atoms with E-state index in [4.69, 9.17) is 11.6 Å². The fraction of sp³-hybridized carbons (Fsp3) is 0.250. The van der Waals surface area contributed by atoms with Crippen molar-refractivity contribution in [3.05, 3.63) is 52.8 Å². The van der Waals surface area contributed by atoms with E-state index >= 15 is 0 Å². The van der Waals surface area contributed by atoms with Crippen LogP contribution in [-0.2, 0) is 0 Å². The number of aromatic nitrogens is 2. The Morgan fingerprint density at radius 2 is 1.65 bits per heavy atom. The van der Waals surface area contributed by atoms with Gasteiger partial charge in [0.25, 0.3) is 11.8 Å². The second-order valence-corrected chi connectivity index (χ2v) is 7.60. The number of hydrogen-bond donors (Lipinski definition) is 1. The number of nitrogens with one attached hydrogen (secondary N) is 1. The molecule has 0 atom stereocenters.